The fourth-order valence-electron chi connectivity index (χ4n) is 5.62. The molecule has 2 fully saturated rings. The Bertz CT molecular complexity index is 1490. The van der Waals surface area contributed by atoms with E-state index in [1.54, 1.807) is 67.6 Å². The fourth-order valence-corrected chi connectivity index (χ4v) is 7.34. The largest absolute Gasteiger partial charge is 0.451 e. The van der Waals surface area contributed by atoms with Crippen LogP contribution in [0, 0.1) is 10.1 Å². The fraction of sp³-hybridized carbons (Fsp3) is 0.241. The van der Waals surface area contributed by atoms with Crippen LogP contribution in [0.25, 0.3) is 0 Å². The molecule has 3 amide bonds. The number of nitrogens with zero attached hydrogens (tertiary/aromatic N) is 3. The molecule has 4 unspecified atom stereocenters. The highest BCUT2D eigenvalue weighted by Crippen LogP contribution is 2.54. The van der Waals surface area contributed by atoms with E-state index in [4.69, 9.17) is 9.57 Å². The minimum Gasteiger partial charge on any atom is -0.451 e. The Balaban J connectivity index is 1.32. The third-order valence-corrected chi connectivity index (χ3v) is 9.13. The number of β-lactam (4-membered cyclic amide) rings is 1. The molecule has 6 rings (SSSR count). The average Bonchev–Trinajstić information content (AvgIpc) is 3.40. The van der Waals surface area contributed by atoms with Gasteiger partial charge >= 0.3 is 5.97 Å². The summed E-state index contributed by atoms with van der Waals surface area (Å²) in [5.74, 6) is -2.63. The number of fused-ring (bicyclic) bond motifs is 2. The molecule has 0 bridgehead atoms. The number of hydrogen-bond donors (Lipinski definition) is 0. The van der Waals surface area contributed by atoms with Crippen LogP contribution in [-0.4, -0.2) is 67.4 Å². The van der Waals surface area contributed by atoms with Gasteiger partial charge in [-0.1, -0.05) is 72.8 Å². The van der Waals surface area contributed by atoms with Gasteiger partial charge in [-0.2, -0.15) is 0 Å². The molecule has 3 heterocycles. The van der Waals surface area contributed by atoms with Gasteiger partial charge in [-0.05, 0) is 30.2 Å². The number of imide groups is 1. The summed E-state index contributed by atoms with van der Waals surface area (Å²) in [6, 6.07) is 21.9. The summed E-state index contributed by atoms with van der Waals surface area (Å²) in [6.45, 7) is 1.04. The lowest BCUT2D eigenvalue weighted by atomic mass is 9.94. The number of carbonyl (C=O) groups is 4. The van der Waals surface area contributed by atoms with Gasteiger partial charge in [0.15, 0.2) is 6.10 Å². The lowest BCUT2D eigenvalue weighted by Crippen LogP contribution is -2.71. The molecule has 0 radical (unpaired) electrons. The molecule has 3 aliphatic heterocycles. The summed E-state index contributed by atoms with van der Waals surface area (Å²) in [5.41, 5.74) is 1.76. The van der Waals surface area contributed by atoms with Gasteiger partial charge in [0, 0.05) is 0 Å². The van der Waals surface area contributed by atoms with Crippen LogP contribution in [0.5, 0.6) is 0 Å². The van der Waals surface area contributed by atoms with Crippen LogP contribution >= 0.6 is 11.8 Å². The average molecular weight is 574 g/mol. The molecule has 0 aromatic heterocycles. The number of rotatable bonds is 8. The molecule has 3 aliphatic rings. The predicted octanol–water partition coefficient (Wildman–Crippen LogP) is 3.23. The highest BCUT2D eigenvalue weighted by molar-refractivity contribution is 8.01. The van der Waals surface area contributed by atoms with Crippen LogP contribution < -0.4 is 0 Å². The van der Waals surface area contributed by atoms with Crippen molar-refractivity contribution >= 4 is 35.5 Å². The summed E-state index contributed by atoms with van der Waals surface area (Å²) in [4.78, 5) is 71.8. The van der Waals surface area contributed by atoms with E-state index >= 15 is 0 Å². The maximum Gasteiger partial charge on any atom is 0.331 e. The molecule has 208 valence electrons. The molecule has 2 saturated heterocycles. The molecule has 4 atom stereocenters. The van der Waals surface area contributed by atoms with Crippen LogP contribution in [0.1, 0.15) is 44.9 Å². The van der Waals surface area contributed by atoms with Crippen molar-refractivity contribution in [1.82, 2.24) is 9.80 Å². The van der Waals surface area contributed by atoms with Crippen molar-refractivity contribution in [3.05, 3.63) is 117 Å². The minimum absolute atomic E-state index is 0.190. The second kappa shape index (κ2) is 10.0. The molecule has 0 N–H and O–H groups in total. The quantitative estimate of drug-likeness (QED) is 0.131. The number of amides is 3. The first kappa shape index (κ1) is 26.5. The van der Waals surface area contributed by atoms with Crippen molar-refractivity contribution in [2.45, 2.75) is 35.2 Å². The first-order valence-electron chi connectivity index (χ1n) is 12.8. The zero-order valence-electron chi connectivity index (χ0n) is 21.6. The molecule has 0 aliphatic carbocycles. The Kier molecular flexibility index (Phi) is 6.49. The molecular formula is C29H23N3O8S. The summed E-state index contributed by atoms with van der Waals surface area (Å²) in [7, 11) is 0. The Morgan fingerprint density at radius 3 is 1.95 bits per heavy atom. The Hall–Kier alpha value is -4.71. The van der Waals surface area contributed by atoms with Gasteiger partial charge in [0.05, 0.1) is 15.9 Å². The summed E-state index contributed by atoms with van der Waals surface area (Å²) >= 11 is 1.07. The van der Waals surface area contributed by atoms with E-state index in [1.165, 1.54) is 17.0 Å². The van der Waals surface area contributed by atoms with Gasteiger partial charge in [-0.3, -0.25) is 19.3 Å². The number of hydrogen-bond acceptors (Lipinski definition) is 9. The number of thioether (sulfide) groups is 1. The van der Waals surface area contributed by atoms with Crippen LogP contribution in [0.2, 0.25) is 0 Å². The zero-order valence-corrected chi connectivity index (χ0v) is 22.4. The third-order valence-electron chi connectivity index (χ3n) is 7.52. The van der Waals surface area contributed by atoms with Gasteiger partial charge in [0.2, 0.25) is 0 Å². The van der Waals surface area contributed by atoms with Gasteiger partial charge < -0.3 is 14.5 Å². The molecule has 11 nitrogen and oxygen atoms in total. The van der Waals surface area contributed by atoms with Crippen LogP contribution in [0.3, 0.4) is 0 Å². The number of ether oxygens (including phenoxy) is 1. The molecule has 12 heteroatoms. The van der Waals surface area contributed by atoms with E-state index in [-0.39, 0.29) is 11.1 Å². The second-order valence-corrected chi connectivity index (χ2v) is 11.7. The van der Waals surface area contributed by atoms with Gasteiger partial charge in [0.25, 0.3) is 22.8 Å². The minimum atomic E-state index is -1.32. The molecule has 41 heavy (non-hydrogen) atoms. The van der Waals surface area contributed by atoms with E-state index < -0.39 is 63.7 Å². The monoisotopic (exact) mass is 573 g/mol. The van der Waals surface area contributed by atoms with Gasteiger partial charge in [-0.25, -0.2) is 4.79 Å². The lowest BCUT2D eigenvalue weighted by molar-refractivity contribution is -0.758. The Morgan fingerprint density at radius 1 is 0.927 bits per heavy atom. The lowest BCUT2D eigenvalue weighted by Gasteiger charge is -2.46. The standard InChI is InChI=1S/C29H23N3O8S/c1-29(16-39-32(37)38)23(28(36)40-22(17-10-4-2-5-11-17)18-12-6-3-7-13-18)31-26(35)21(27(31)41-29)30-24(33)19-14-8-9-15-20(19)25(30)34/h2-15,21-23,27H,16H2,1H3. The molecule has 3 aromatic rings. The first-order chi connectivity index (χ1) is 19.7. The number of carbonyl (C=O) groups excluding carboxylic acids is 4. The maximum atomic E-state index is 13.9. The number of benzene rings is 3. The van der Waals surface area contributed by atoms with Gasteiger partial charge in [-0.15, -0.1) is 21.9 Å². The second-order valence-electron chi connectivity index (χ2n) is 10.1. The number of esters is 1. The zero-order chi connectivity index (χ0) is 28.9. The van der Waals surface area contributed by atoms with Crippen molar-refractivity contribution in [2.24, 2.45) is 0 Å². The topological polar surface area (TPSA) is 136 Å². The van der Waals surface area contributed by atoms with E-state index in [1.807, 2.05) is 12.1 Å². The van der Waals surface area contributed by atoms with Crippen LogP contribution in [0.15, 0.2) is 84.9 Å². The third kappa shape index (κ3) is 4.31. The van der Waals surface area contributed by atoms with Crippen molar-refractivity contribution < 1.29 is 33.8 Å². The summed E-state index contributed by atoms with van der Waals surface area (Å²) in [6.07, 6.45) is -0.821. The summed E-state index contributed by atoms with van der Waals surface area (Å²) < 4.78 is 4.72. The molecule has 0 spiro atoms. The normalized spacial score (nSPS) is 24.6. The van der Waals surface area contributed by atoms with E-state index in [2.05, 4.69) is 0 Å². The van der Waals surface area contributed by atoms with E-state index in [0.29, 0.717) is 11.1 Å². The van der Waals surface area contributed by atoms with E-state index in [0.717, 1.165) is 16.7 Å². The van der Waals surface area contributed by atoms with Crippen LogP contribution in [0.4, 0.5) is 0 Å². The first-order valence-corrected chi connectivity index (χ1v) is 13.6. The van der Waals surface area contributed by atoms with Crippen LogP contribution in [-0.2, 0) is 19.2 Å². The van der Waals surface area contributed by atoms with Crippen molar-refractivity contribution in [1.29, 1.82) is 0 Å². The maximum absolute atomic E-state index is 13.9. The van der Waals surface area contributed by atoms with E-state index in [9.17, 15) is 29.3 Å². The van der Waals surface area contributed by atoms with Crippen molar-refractivity contribution in [3.63, 3.8) is 0 Å². The Morgan fingerprint density at radius 2 is 1.44 bits per heavy atom. The summed E-state index contributed by atoms with van der Waals surface area (Å²) in [5, 5.41) is 9.34. The highest BCUT2D eigenvalue weighted by Gasteiger charge is 2.69. The smallest absolute Gasteiger partial charge is 0.331 e. The SMILES string of the molecule is CC1(CO[N+](=O)[O-])SC2C(N3C(=O)c4ccccc4C3=O)C(=O)N2C1C(=O)OC(c1ccccc1)c1ccccc1. The van der Waals surface area contributed by atoms with Gasteiger partial charge in [0.1, 0.15) is 24.1 Å². The van der Waals surface area contributed by atoms with Crippen molar-refractivity contribution in [3.8, 4) is 0 Å². The Labute approximate surface area is 238 Å². The molecular weight excluding hydrogens is 550 g/mol. The molecule has 0 saturated carbocycles. The molecule has 3 aromatic carbocycles. The highest BCUT2D eigenvalue weighted by atomic mass is 32.2. The predicted molar refractivity (Wildman–Crippen MR) is 145 cm³/mol. The van der Waals surface area contributed by atoms with Crippen molar-refractivity contribution in [2.75, 3.05) is 6.61 Å².